The fourth-order valence-electron chi connectivity index (χ4n) is 4.02. The number of hydrogen-bond donors (Lipinski definition) is 4. The van der Waals surface area contributed by atoms with Gasteiger partial charge in [0.2, 0.25) is 0 Å². The third kappa shape index (κ3) is 4.35. The highest BCUT2D eigenvalue weighted by atomic mass is 16.7. The summed E-state index contributed by atoms with van der Waals surface area (Å²) in [5.41, 5.74) is 2.06. The van der Waals surface area contributed by atoms with E-state index in [0.717, 1.165) is 12.8 Å². The van der Waals surface area contributed by atoms with Crippen molar-refractivity contribution in [3.63, 3.8) is 0 Å². The summed E-state index contributed by atoms with van der Waals surface area (Å²) in [4.78, 5) is 11.4. The Morgan fingerprint density at radius 3 is 2.46 bits per heavy atom. The van der Waals surface area contributed by atoms with Crippen LogP contribution < -0.4 is 0 Å². The first kappa shape index (κ1) is 21.5. The molecule has 0 aromatic heterocycles. The molecule has 1 aliphatic carbocycles. The molecule has 0 unspecified atom stereocenters. The summed E-state index contributed by atoms with van der Waals surface area (Å²) in [6, 6.07) is 0. The first-order valence-electron chi connectivity index (χ1n) is 9.24. The monoisotopic (exact) mass is 372 g/mol. The van der Waals surface area contributed by atoms with Crippen LogP contribution in [-0.2, 0) is 14.3 Å². The number of Topliss-reactive ketones (excluding diaryl/α,β-unsaturated/α-hetero) is 1. The minimum atomic E-state index is -1.45. The van der Waals surface area contributed by atoms with Crippen LogP contribution in [0.2, 0.25) is 0 Å². The largest absolute Gasteiger partial charge is 0.394 e. The second-order valence-corrected chi connectivity index (χ2v) is 8.04. The van der Waals surface area contributed by atoms with Crippen LogP contribution in [0.3, 0.4) is 0 Å². The molecule has 0 spiro atoms. The normalized spacial score (nSPS) is 37.7. The van der Waals surface area contributed by atoms with Crippen molar-refractivity contribution >= 4 is 5.78 Å². The molecule has 2 rings (SSSR count). The Morgan fingerprint density at radius 1 is 1.23 bits per heavy atom. The number of hydrogen-bond acceptors (Lipinski definition) is 7. The molecule has 6 atom stereocenters. The highest BCUT2D eigenvalue weighted by molar-refractivity contribution is 5.75. The number of ketones is 1. The number of rotatable bonds is 6. The third-order valence-electron chi connectivity index (χ3n) is 5.75. The van der Waals surface area contributed by atoms with Crippen molar-refractivity contribution in [1.29, 1.82) is 0 Å². The predicted octanol–water partition coefficient (Wildman–Crippen LogP) is 0.677. The highest BCUT2D eigenvalue weighted by Crippen LogP contribution is 2.45. The average molecular weight is 372 g/mol. The molecule has 0 radical (unpaired) electrons. The van der Waals surface area contributed by atoms with Gasteiger partial charge >= 0.3 is 0 Å². The zero-order valence-corrected chi connectivity index (χ0v) is 16.0. The van der Waals surface area contributed by atoms with Crippen molar-refractivity contribution in [1.82, 2.24) is 0 Å². The number of carbonyl (C=O) groups is 1. The molecular weight excluding hydrogens is 340 g/mol. The lowest BCUT2D eigenvalue weighted by Gasteiger charge is -2.46. The summed E-state index contributed by atoms with van der Waals surface area (Å²) in [5.74, 6) is 0.137. The van der Waals surface area contributed by atoms with Gasteiger partial charge in [0.25, 0.3) is 0 Å². The number of allylic oxidation sites excluding steroid dienone is 1. The molecule has 1 aliphatic heterocycles. The van der Waals surface area contributed by atoms with Gasteiger partial charge in [-0.15, -0.1) is 0 Å². The van der Waals surface area contributed by atoms with Crippen LogP contribution >= 0.6 is 0 Å². The molecule has 0 bridgehead atoms. The van der Waals surface area contributed by atoms with Gasteiger partial charge in [0.1, 0.15) is 30.2 Å². The summed E-state index contributed by atoms with van der Waals surface area (Å²) in [6.45, 7) is 7.25. The maximum absolute atomic E-state index is 11.4. The Morgan fingerprint density at radius 2 is 1.88 bits per heavy atom. The zero-order valence-electron chi connectivity index (χ0n) is 16.0. The molecule has 4 N–H and O–H groups in total. The number of ether oxygens (including phenoxy) is 2. The Hall–Kier alpha value is -0.830. The van der Waals surface area contributed by atoms with E-state index < -0.39 is 37.3 Å². The molecular formula is C19H32O7. The average Bonchev–Trinajstić information content (AvgIpc) is 2.56. The van der Waals surface area contributed by atoms with E-state index in [0.29, 0.717) is 12.8 Å². The van der Waals surface area contributed by atoms with Crippen LogP contribution in [0.4, 0.5) is 0 Å². The summed E-state index contributed by atoms with van der Waals surface area (Å²) in [6.07, 6.45) is -3.98. The van der Waals surface area contributed by atoms with E-state index in [1.165, 1.54) is 11.1 Å². The summed E-state index contributed by atoms with van der Waals surface area (Å²) in [5, 5.41) is 39.4. The van der Waals surface area contributed by atoms with Crippen LogP contribution in [0, 0.1) is 5.41 Å². The number of aliphatic hydroxyl groups excluding tert-OH is 4. The molecule has 1 fully saturated rings. The minimum Gasteiger partial charge on any atom is -0.394 e. The molecule has 150 valence electrons. The number of carbonyl (C=O) groups excluding carboxylic acids is 1. The molecule has 0 aromatic rings. The van der Waals surface area contributed by atoms with E-state index in [-0.39, 0.29) is 17.3 Å². The van der Waals surface area contributed by atoms with Gasteiger partial charge in [0.05, 0.1) is 12.7 Å². The van der Waals surface area contributed by atoms with Gasteiger partial charge < -0.3 is 34.7 Å². The highest BCUT2D eigenvalue weighted by Gasteiger charge is 2.47. The Labute approximate surface area is 154 Å². The van der Waals surface area contributed by atoms with Crippen molar-refractivity contribution in [2.75, 3.05) is 6.61 Å². The molecule has 2 aliphatic rings. The fraction of sp³-hybridized carbons (Fsp3) is 0.842. The van der Waals surface area contributed by atoms with Crippen molar-refractivity contribution in [3.05, 3.63) is 11.1 Å². The standard InChI is InChI=1S/C19H32O7/c1-10-5-8-14(19(3,4)12(10)7-6-11(2)21)26-18-17(24)16(23)15(22)13(9-20)25-18/h13-18,20,22-24H,5-9H2,1-4H3/t13-,14-,15-,16-,17-,18+/m1/s1. The third-order valence-corrected chi connectivity index (χ3v) is 5.75. The van der Waals surface area contributed by atoms with Gasteiger partial charge in [0, 0.05) is 11.8 Å². The van der Waals surface area contributed by atoms with E-state index >= 15 is 0 Å². The number of aliphatic hydroxyl groups is 4. The Bertz CT molecular complexity index is 540. The van der Waals surface area contributed by atoms with Crippen LogP contribution in [0.25, 0.3) is 0 Å². The zero-order chi connectivity index (χ0) is 19.6. The lowest BCUT2D eigenvalue weighted by Crippen LogP contribution is -2.60. The molecule has 0 saturated carbocycles. The molecule has 26 heavy (non-hydrogen) atoms. The first-order chi connectivity index (χ1) is 12.1. The van der Waals surface area contributed by atoms with Crippen LogP contribution in [0.15, 0.2) is 11.1 Å². The van der Waals surface area contributed by atoms with Crippen LogP contribution in [0.5, 0.6) is 0 Å². The van der Waals surface area contributed by atoms with Gasteiger partial charge in [-0.2, -0.15) is 0 Å². The second kappa shape index (κ2) is 8.46. The molecule has 1 heterocycles. The Kier molecular flexibility index (Phi) is 6.98. The van der Waals surface area contributed by atoms with Crippen molar-refractivity contribution in [2.24, 2.45) is 5.41 Å². The van der Waals surface area contributed by atoms with Gasteiger partial charge in [-0.1, -0.05) is 25.0 Å². The molecule has 1 saturated heterocycles. The van der Waals surface area contributed by atoms with Crippen molar-refractivity contribution in [2.45, 2.75) is 90.2 Å². The van der Waals surface area contributed by atoms with E-state index in [2.05, 4.69) is 6.92 Å². The smallest absolute Gasteiger partial charge is 0.187 e. The molecule has 7 nitrogen and oxygen atoms in total. The van der Waals surface area contributed by atoms with E-state index in [1.807, 2.05) is 13.8 Å². The van der Waals surface area contributed by atoms with Gasteiger partial charge in [-0.25, -0.2) is 0 Å². The fourth-order valence-corrected chi connectivity index (χ4v) is 4.02. The van der Waals surface area contributed by atoms with Gasteiger partial charge in [-0.3, -0.25) is 0 Å². The second-order valence-electron chi connectivity index (χ2n) is 8.04. The van der Waals surface area contributed by atoms with E-state index in [9.17, 15) is 25.2 Å². The maximum atomic E-state index is 11.4. The van der Waals surface area contributed by atoms with Crippen molar-refractivity contribution < 1.29 is 34.7 Å². The first-order valence-corrected chi connectivity index (χ1v) is 9.24. The predicted molar refractivity (Wildman–Crippen MR) is 94.3 cm³/mol. The van der Waals surface area contributed by atoms with Crippen LogP contribution in [-0.4, -0.2) is 69.6 Å². The van der Waals surface area contributed by atoms with Gasteiger partial charge in [-0.05, 0) is 33.1 Å². The van der Waals surface area contributed by atoms with Crippen LogP contribution in [0.1, 0.15) is 53.4 Å². The summed E-state index contributed by atoms with van der Waals surface area (Å²) >= 11 is 0. The SMILES string of the molecule is CC(=O)CCC1=C(C)CC[C@@H](O[C@@H]2O[C@H](CO)[C@@H](O)[C@@H](O)[C@H]2O)C1(C)C. The lowest BCUT2D eigenvalue weighted by molar-refractivity contribution is -0.318. The van der Waals surface area contributed by atoms with E-state index in [4.69, 9.17) is 9.47 Å². The quantitative estimate of drug-likeness (QED) is 0.507. The summed E-state index contributed by atoms with van der Waals surface area (Å²) in [7, 11) is 0. The lowest BCUT2D eigenvalue weighted by atomic mass is 9.69. The van der Waals surface area contributed by atoms with Gasteiger partial charge in [0.15, 0.2) is 6.29 Å². The molecule has 7 heteroatoms. The minimum absolute atomic E-state index is 0.137. The van der Waals surface area contributed by atoms with Crippen molar-refractivity contribution in [3.8, 4) is 0 Å². The van der Waals surface area contributed by atoms with E-state index in [1.54, 1.807) is 6.92 Å². The Balaban J connectivity index is 2.14. The molecule has 0 aromatic carbocycles. The molecule has 0 amide bonds. The topological polar surface area (TPSA) is 116 Å². The maximum Gasteiger partial charge on any atom is 0.187 e. The summed E-state index contributed by atoms with van der Waals surface area (Å²) < 4.78 is 11.5.